The van der Waals surface area contributed by atoms with Gasteiger partial charge in [-0.1, -0.05) is 59.6 Å². The van der Waals surface area contributed by atoms with Crippen molar-refractivity contribution in [3.8, 4) is 0 Å². The quantitative estimate of drug-likeness (QED) is 0.310. The Labute approximate surface area is 206 Å². The summed E-state index contributed by atoms with van der Waals surface area (Å²) < 4.78 is 13.5. The summed E-state index contributed by atoms with van der Waals surface area (Å²) >= 11 is 12.2. The second kappa shape index (κ2) is 10.5. The standard InChI is InChI=1S/C26H20Cl2FN3O2/c27-18-8-13-22(23(28)16-18)25(33)32(20-11-9-19(29)10-12-20)15-14-30-26(34)31-24-7-3-5-17-4-1-2-6-21(17)24/h1-13,16H,14-15H2,(H2,30,31,34). The number of fused-ring (bicyclic) bond motifs is 1. The Morgan fingerprint density at radius 3 is 2.38 bits per heavy atom. The Hall–Kier alpha value is -3.61. The van der Waals surface area contributed by atoms with Gasteiger partial charge in [-0.2, -0.15) is 0 Å². The molecule has 2 N–H and O–H groups in total. The first kappa shape index (κ1) is 23.5. The highest BCUT2D eigenvalue weighted by atomic mass is 35.5. The zero-order valence-electron chi connectivity index (χ0n) is 17.9. The van der Waals surface area contributed by atoms with Crippen LogP contribution < -0.4 is 15.5 Å². The monoisotopic (exact) mass is 495 g/mol. The molecule has 172 valence electrons. The van der Waals surface area contributed by atoms with E-state index in [2.05, 4.69) is 10.6 Å². The summed E-state index contributed by atoms with van der Waals surface area (Å²) in [5.74, 6) is -0.821. The second-order valence-corrected chi connectivity index (χ2v) is 8.31. The molecule has 0 radical (unpaired) electrons. The van der Waals surface area contributed by atoms with Crippen molar-refractivity contribution < 1.29 is 14.0 Å². The van der Waals surface area contributed by atoms with Crippen LogP contribution in [-0.2, 0) is 0 Å². The number of hydrogen-bond acceptors (Lipinski definition) is 2. The van der Waals surface area contributed by atoms with Crippen molar-refractivity contribution in [2.75, 3.05) is 23.3 Å². The van der Waals surface area contributed by atoms with Gasteiger partial charge in [-0.15, -0.1) is 0 Å². The van der Waals surface area contributed by atoms with E-state index in [4.69, 9.17) is 23.2 Å². The number of nitrogens with zero attached hydrogens (tertiary/aromatic N) is 1. The molecule has 0 heterocycles. The molecule has 0 unspecified atom stereocenters. The Balaban J connectivity index is 1.47. The third-order valence-electron chi connectivity index (χ3n) is 5.20. The molecule has 8 heteroatoms. The van der Waals surface area contributed by atoms with Crippen LogP contribution in [0.25, 0.3) is 10.8 Å². The molecule has 0 bridgehead atoms. The number of amides is 3. The zero-order valence-corrected chi connectivity index (χ0v) is 19.4. The molecule has 0 spiro atoms. The molecule has 0 aliphatic rings. The number of nitrogens with one attached hydrogen (secondary N) is 2. The molecule has 34 heavy (non-hydrogen) atoms. The first-order valence-electron chi connectivity index (χ1n) is 10.5. The van der Waals surface area contributed by atoms with Crippen LogP contribution in [0.15, 0.2) is 84.9 Å². The summed E-state index contributed by atoms with van der Waals surface area (Å²) in [6.07, 6.45) is 0. The summed E-state index contributed by atoms with van der Waals surface area (Å²) in [7, 11) is 0. The molecule has 0 saturated heterocycles. The number of halogens is 3. The van der Waals surface area contributed by atoms with E-state index in [9.17, 15) is 14.0 Å². The van der Waals surface area contributed by atoms with Gasteiger partial charge in [-0.3, -0.25) is 4.79 Å². The molecule has 5 nitrogen and oxygen atoms in total. The van der Waals surface area contributed by atoms with Crippen molar-refractivity contribution in [3.63, 3.8) is 0 Å². The second-order valence-electron chi connectivity index (χ2n) is 7.46. The molecular weight excluding hydrogens is 476 g/mol. The molecule has 0 fully saturated rings. The van der Waals surface area contributed by atoms with Crippen molar-refractivity contribution in [2.24, 2.45) is 0 Å². The van der Waals surface area contributed by atoms with E-state index in [1.807, 2.05) is 42.5 Å². The Morgan fingerprint density at radius 1 is 0.882 bits per heavy atom. The predicted molar refractivity (Wildman–Crippen MR) is 136 cm³/mol. The minimum atomic E-state index is -0.423. The normalized spacial score (nSPS) is 10.7. The predicted octanol–water partition coefficient (Wildman–Crippen LogP) is 6.75. The van der Waals surface area contributed by atoms with Crippen LogP contribution in [0.1, 0.15) is 10.4 Å². The van der Waals surface area contributed by atoms with Crippen LogP contribution in [0.2, 0.25) is 10.0 Å². The number of rotatable bonds is 6. The molecule has 0 aliphatic carbocycles. The van der Waals surface area contributed by atoms with Gasteiger partial charge in [0.1, 0.15) is 5.82 Å². The fourth-order valence-corrected chi connectivity index (χ4v) is 4.05. The Kier molecular flexibility index (Phi) is 7.30. The van der Waals surface area contributed by atoms with Gasteiger partial charge in [-0.25, -0.2) is 9.18 Å². The largest absolute Gasteiger partial charge is 0.336 e. The summed E-state index contributed by atoms with van der Waals surface area (Å²) in [4.78, 5) is 27.2. The number of anilines is 2. The van der Waals surface area contributed by atoms with Crippen LogP contribution in [-0.4, -0.2) is 25.0 Å². The molecule has 4 rings (SSSR count). The lowest BCUT2D eigenvalue weighted by atomic mass is 10.1. The van der Waals surface area contributed by atoms with Crippen LogP contribution in [0.3, 0.4) is 0 Å². The lowest BCUT2D eigenvalue weighted by Crippen LogP contribution is -2.40. The minimum Gasteiger partial charge on any atom is -0.336 e. The highest BCUT2D eigenvalue weighted by molar-refractivity contribution is 6.37. The van der Waals surface area contributed by atoms with Crippen LogP contribution in [0.4, 0.5) is 20.6 Å². The van der Waals surface area contributed by atoms with Gasteiger partial charge in [0, 0.05) is 29.2 Å². The molecule has 0 atom stereocenters. The van der Waals surface area contributed by atoms with E-state index in [1.54, 1.807) is 6.07 Å². The van der Waals surface area contributed by atoms with Crippen LogP contribution >= 0.6 is 23.2 Å². The van der Waals surface area contributed by atoms with Gasteiger partial charge in [0.15, 0.2) is 0 Å². The van der Waals surface area contributed by atoms with Gasteiger partial charge in [0.05, 0.1) is 16.3 Å². The van der Waals surface area contributed by atoms with Crippen molar-refractivity contribution in [1.29, 1.82) is 0 Å². The highest BCUT2D eigenvalue weighted by Gasteiger charge is 2.20. The van der Waals surface area contributed by atoms with Crippen LogP contribution in [0.5, 0.6) is 0 Å². The number of carbonyl (C=O) groups is 2. The molecular formula is C26H20Cl2FN3O2. The average molecular weight is 496 g/mol. The number of carbonyl (C=O) groups excluding carboxylic acids is 2. The third kappa shape index (κ3) is 5.47. The third-order valence-corrected chi connectivity index (χ3v) is 5.75. The van der Waals surface area contributed by atoms with Crippen molar-refractivity contribution in [1.82, 2.24) is 5.32 Å². The first-order chi connectivity index (χ1) is 16.4. The van der Waals surface area contributed by atoms with E-state index in [0.717, 1.165) is 10.8 Å². The lowest BCUT2D eigenvalue weighted by molar-refractivity contribution is 0.0987. The summed E-state index contributed by atoms with van der Waals surface area (Å²) in [6, 6.07) is 23.1. The van der Waals surface area contributed by atoms with E-state index in [0.29, 0.717) is 16.4 Å². The average Bonchev–Trinajstić information content (AvgIpc) is 2.82. The maximum Gasteiger partial charge on any atom is 0.319 e. The molecule has 0 aliphatic heterocycles. The summed E-state index contributed by atoms with van der Waals surface area (Å²) in [5.41, 5.74) is 1.39. The van der Waals surface area contributed by atoms with Gasteiger partial charge < -0.3 is 15.5 Å². The summed E-state index contributed by atoms with van der Waals surface area (Å²) in [6.45, 7) is 0.275. The van der Waals surface area contributed by atoms with Crippen molar-refractivity contribution in [2.45, 2.75) is 0 Å². The number of benzene rings is 4. The van der Waals surface area contributed by atoms with Gasteiger partial charge in [0.25, 0.3) is 5.91 Å². The smallest absolute Gasteiger partial charge is 0.319 e. The minimum absolute atomic E-state index is 0.131. The zero-order chi connectivity index (χ0) is 24.1. The van der Waals surface area contributed by atoms with E-state index in [1.165, 1.54) is 41.3 Å². The van der Waals surface area contributed by atoms with Crippen molar-refractivity contribution >= 4 is 57.3 Å². The maximum atomic E-state index is 13.5. The van der Waals surface area contributed by atoms with Crippen molar-refractivity contribution in [3.05, 3.63) is 106 Å². The molecule has 4 aromatic rings. The Morgan fingerprint density at radius 2 is 1.62 bits per heavy atom. The number of hydrogen-bond donors (Lipinski definition) is 2. The van der Waals surface area contributed by atoms with Gasteiger partial charge >= 0.3 is 6.03 Å². The van der Waals surface area contributed by atoms with E-state index >= 15 is 0 Å². The van der Waals surface area contributed by atoms with Gasteiger partial charge in [-0.05, 0) is 53.9 Å². The SMILES string of the molecule is O=C(NCCN(C(=O)c1ccc(Cl)cc1Cl)c1ccc(F)cc1)Nc1cccc2ccccc12. The summed E-state index contributed by atoms with van der Waals surface area (Å²) in [5, 5.41) is 8.14. The number of urea groups is 1. The molecule has 3 amide bonds. The molecule has 0 aromatic heterocycles. The first-order valence-corrected chi connectivity index (χ1v) is 11.2. The molecule has 4 aromatic carbocycles. The van der Waals surface area contributed by atoms with Crippen LogP contribution in [0, 0.1) is 5.82 Å². The van der Waals surface area contributed by atoms with E-state index in [-0.39, 0.29) is 23.7 Å². The fraction of sp³-hybridized carbons (Fsp3) is 0.0769. The van der Waals surface area contributed by atoms with Gasteiger partial charge in [0.2, 0.25) is 0 Å². The highest BCUT2D eigenvalue weighted by Crippen LogP contribution is 2.25. The Bertz CT molecular complexity index is 1340. The maximum absolute atomic E-state index is 13.5. The lowest BCUT2D eigenvalue weighted by Gasteiger charge is -2.24. The fourth-order valence-electron chi connectivity index (χ4n) is 3.56. The topological polar surface area (TPSA) is 61.4 Å². The van der Waals surface area contributed by atoms with E-state index < -0.39 is 17.8 Å². The molecule has 0 saturated carbocycles.